The first-order chi connectivity index (χ1) is 8.72. The van der Waals surface area contributed by atoms with Gasteiger partial charge in [-0.25, -0.2) is 0 Å². The lowest BCUT2D eigenvalue weighted by atomic mass is 10.2. The van der Waals surface area contributed by atoms with Crippen LogP contribution in [0.2, 0.25) is 0 Å². The van der Waals surface area contributed by atoms with Gasteiger partial charge >= 0.3 is 0 Å². The lowest BCUT2D eigenvalue weighted by Crippen LogP contribution is -2.16. The van der Waals surface area contributed by atoms with Crippen LogP contribution in [0.5, 0.6) is 11.5 Å². The molecule has 0 heterocycles. The number of nitrogens with two attached hydrogens (primary N) is 1. The zero-order chi connectivity index (χ0) is 13.4. The van der Waals surface area contributed by atoms with Crippen molar-refractivity contribution in [2.45, 2.75) is 19.4 Å². The first-order valence-electron chi connectivity index (χ1n) is 6.04. The summed E-state index contributed by atoms with van der Waals surface area (Å²) in [4.78, 5) is 0. The normalized spacial score (nSPS) is 10.4. The molecule has 18 heavy (non-hydrogen) atoms. The number of unbranched alkanes of at least 4 members (excludes halogenated alkanes) is 1. The molecule has 1 rings (SSSR count). The number of rotatable bonds is 8. The Morgan fingerprint density at radius 3 is 2.44 bits per heavy atom. The van der Waals surface area contributed by atoms with E-state index in [9.17, 15) is 0 Å². The fourth-order valence-corrected chi connectivity index (χ4v) is 2.11. The highest BCUT2D eigenvalue weighted by molar-refractivity contribution is 9.10. The minimum Gasteiger partial charge on any atom is -0.493 e. The molecule has 0 aliphatic heterocycles. The molecule has 0 fully saturated rings. The SMILES string of the molecule is COc1cc(Br)c(CNCCCCN)cc1OC. The van der Waals surface area contributed by atoms with Crippen molar-refractivity contribution in [2.24, 2.45) is 5.73 Å². The van der Waals surface area contributed by atoms with Crippen LogP contribution in [0.25, 0.3) is 0 Å². The van der Waals surface area contributed by atoms with Crippen LogP contribution in [0.3, 0.4) is 0 Å². The number of hydrogen-bond acceptors (Lipinski definition) is 4. The number of methoxy groups -OCH3 is 2. The summed E-state index contributed by atoms with van der Waals surface area (Å²) in [6, 6.07) is 3.91. The molecule has 0 radical (unpaired) electrons. The van der Waals surface area contributed by atoms with E-state index in [4.69, 9.17) is 15.2 Å². The molecule has 0 aliphatic rings. The zero-order valence-corrected chi connectivity index (χ0v) is 12.5. The van der Waals surface area contributed by atoms with Crippen molar-refractivity contribution in [3.05, 3.63) is 22.2 Å². The van der Waals surface area contributed by atoms with Crippen LogP contribution in [-0.4, -0.2) is 27.3 Å². The minimum atomic E-state index is 0.733. The topological polar surface area (TPSA) is 56.5 Å². The average Bonchev–Trinajstić information content (AvgIpc) is 2.39. The van der Waals surface area contributed by atoms with E-state index in [0.717, 1.165) is 54.0 Å². The van der Waals surface area contributed by atoms with Crippen molar-refractivity contribution in [1.29, 1.82) is 0 Å². The molecule has 102 valence electrons. The molecule has 1 aromatic carbocycles. The molecule has 0 spiro atoms. The van der Waals surface area contributed by atoms with Gasteiger partial charge in [0.1, 0.15) is 0 Å². The number of benzene rings is 1. The maximum atomic E-state index is 5.45. The molecule has 0 aliphatic carbocycles. The first-order valence-corrected chi connectivity index (χ1v) is 6.83. The summed E-state index contributed by atoms with van der Waals surface area (Å²) >= 11 is 3.54. The van der Waals surface area contributed by atoms with Crippen LogP contribution >= 0.6 is 15.9 Å². The minimum absolute atomic E-state index is 0.733. The summed E-state index contributed by atoms with van der Waals surface area (Å²) in [7, 11) is 3.28. The van der Waals surface area contributed by atoms with E-state index in [1.807, 2.05) is 12.1 Å². The zero-order valence-electron chi connectivity index (χ0n) is 11.0. The Bertz CT molecular complexity index is 372. The average molecular weight is 317 g/mol. The monoisotopic (exact) mass is 316 g/mol. The van der Waals surface area contributed by atoms with Gasteiger partial charge in [0, 0.05) is 11.0 Å². The molecule has 0 amide bonds. The van der Waals surface area contributed by atoms with Gasteiger partial charge in [-0.3, -0.25) is 0 Å². The second-order valence-electron chi connectivity index (χ2n) is 3.97. The van der Waals surface area contributed by atoms with Crippen LogP contribution in [0.1, 0.15) is 18.4 Å². The van der Waals surface area contributed by atoms with Gasteiger partial charge in [0.05, 0.1) is 14.2 Å². The Hall–Kier alpha value is -0.780. The van der Waals surface area contributed by atoms with E-state index >= 15 is 0 Å². The maximum absolute atomic E-state index is 5.45. The van der Waals surface area contributed by atoms with E-state index in [0.29, 0.717) is 0 Å². The van der Waals surface area contributed by atoms with Crippen molar-refractivity contribution < 1.29 is 9.47 Å². The van der Waals surface area contributed by atoms with Crippen LogP contribution in [0, 0.1) is 0 Å². The van der Waals surface area contributed by atoms with E-state index < -0.39 is 0 Å². The third-order valence-electron chi connectivity index (χ3n) is 2.68. The quantitative estimate of drug-likeness (QED) is 0.723. The molecule has 4 nitrogen and oxygen atoms in total. The molecular weight excluding hydrogens is 296 g/mol. The molecule has 0 atom stereocenters. The lowest BCUT2D eigenvalue weighted by Gasteiger charge is -2.12. The van der Waals surface area contributed by atoms with E-state index in [-0.39, 0.29) is 0 Å². The molecule has 0 saturated carbocycles. The second-order valence-corrected chi connectivity index (χ2v) is 4.83. The summed E-state index contributed by atoms with van der Waals surface area (Å²) in [6.45, 7) is 2.52. The van der Waals surface area contributed by atoms with Crippen molar-refractivity contribution in [3.63, 3.8) is 0 Å². The summed E-state index contributed by atoms with van der Waals surface area (Å²) in [5, 5.41) is 3.38. The Labute approximate surface area is 117 Å². The summed E-state index contributed by atoms with van der Waals surface area (Å²) in [5.74, 6) is 1.48. The molecule has 1 aromatic rings. The summed E-state index contributed by atoms with van der Waals surface area (Å²) in [6.07, 6.45) is 2.15. The maximum Gasteiger partial charge on any atom is 0.161 e. The smallest absolute Gasteiger partial charge is 0.161 e. The Morgan fingerprint density at radius 2 is 1.83 bits per heavy atom. The molecule has 0 saturated heterocycles. The van der Waals surface area contributed by atoms with Crippen molar-refractivity contribution in [2.75, 3.05) is 27.3 Å². The summed E-state index contributed by atoms with van der Waals surface area (Å²) < 4.78 is 11.5. The molecule has 0 aromatic heterocycles. The first kappa shape index (κ1) is 15.3. The number of ether oxygens (including phenoxy) is 2. The van der Waals surface area contributed by atoms with E-state index in [2.05, 4.69) is 21.2 Å². The van der Waals surface area contributed by atoms with Gasteiger partial charge in [-0.15, -0.1) is 0 Å². The van der Waals surface area contributed by atoms with Gasteiger partial charge in [-0.2, -0.15) is 0 Å². The van der Waals surface area contributed by atoms with E-state index in [1.165, 1.54) is 0 Å². The lowest BCUT2D eigenvalue weighted by molar-refractivity contribution is 0.354. The van der Waals surface area contributed by atoms with Crippen molar-refractivity contribution in [1.82, 2.24) is 5.32 Å². The number of nitrogens with one attached hydrogen (secondary N) is 1. The van der Waals surface area contributed by atoms with Crippen LogP contribution in [-0.2, 0) is 6.54 Å². The fraction of sp³-hybridized carbons (Fsp3) is 0.538. The standard InChI is InChI=1S/C13H21BrN2O2/c1-17-12-7-10(9-16-6-4-3-5-15)11(14)8-13(12)18-2/h7-8,16H,3-6,9,15H2,1-2H3. The molecule has 0 unspecified atom stereocenters. The third kappa shape index (κ3) is 4.48. The number of hydrogen-bond donors (Lipinski definition) is 2. The molecular formula is C13H21BrN2O2. The highest BCUT2D eigenvalue weighted by atomic mass is 79.9. The van der Waals surface area contributed by atoms with Crippen LogP contribution < -0.4 is 20.5 Å². The van der Waals surface area contributed by atoms with Gasteiger partial charge in [0.25, 0.3) is 0 Å². The number of halogens is 1. The molecule has 5 heteroatoms. The van der Waals surface area contributed by atoms with E-state index in [1.54, 1.807) is 14.2 Å². The highest BCUT2D eigenvalue weighted by Crippen LogP contribution is 2.33. The fourth-order valence-electron chi connectivity index (χ4n) is 1.65. The Kier molecular flexibility index (Phi) is 7.08. The van der Waals surface area contributed by atoms with Crippen LogP contribution in [0.15, 0.2) is 16.6 Å². The highest BCUT2D eigenvalue weighted by Gasteiger charge is 2.08. The van der Waals surface area contributed by atoms with Gasteiger partial charge in [-0.05, 0) is 43.6 Å². The van der Waals surface area contributed by atoms with Crippen LogP contribution in [0.4, 0.5) is 0 Å². The Morgan fingerprint density at radius 1 is 1.17 bits per heavy atom. The predicted octanol–water partition coefficient (Wildman–Crippen LogP) is 2.29. The largest absolute Gasteiger partial charge is 0.493 e. The van der Waals surface area contributed by atoms with Crippen molar-refractivity contribution >= 4 is 15.9 Å². The Balaban J connectivity index is 2.59. The molecule has 0 bridgehead atoms. The van der Waals surface area contributed by atoms with Crippen molar-refractivity contribution in [3.8, 4) is 11.5 Å². The summed E-state index contributed by atoms with van der Waals surface area (Å²) in [5.41, 5.74) is 6.60. The predicted molar refractivity (Wildman–Crippen MR) is 77.2 cm³/mol. The second kappa shape index (κ2) is 8.34. The molecule has 3 N–H and O–H groups in total. The van der Waals surface area contributed by atoms with Gasteiger partial charge in [-0.1, -0.05) is 15.9 Å². The van der Waals surface area contributed by atoms with Gasteiger partial charge in [0.2, 0.25) is 0 Å². The van der Waals surface area contributed by atoms with Gasteiger partial charge < -0.3 is 20.5 Å². The van der Waals surface area contributed by atoms with Gasteiger partial charge in [0.15, 0.2) is 11.5 Å². The third-order valence-corrected chi connectivity index (χ3v) is 3.41.